The molecule has 0 amide bonds. The van der Waals surface area contributed by atoms with Crippen molar-refractivity contribution in [3.8, 4) is 5.75 Å². The summed E-state index contributed by atoms with van der Waals surface area (Å²) < 4.78 is 5.41. The summed E-state index contributed by atoms with van der Waals surface area (Å²) in [6.07, 6.45) is 0. The van der Waals surface area contributed by atoms with Crippen molar-refractivity contribution < 1.29 is 4.74 Å². The molecule has 0 radical (unpaired) electrons. The fourth-order valence-corrected chi connectivity index (χ4v) is 2.00. The topological polar surface area (TPSA) is 47.3 Å². The molecule has 0 aliphatic rings. The van der Waals surface area contributed by atoms with Crippen LogP contribution in [0.25, 0.3) is 0 Å². The quantitative estimate of drug-likeness (QED) is 0.817. The molecular weight excluding hydrogens is 236 g/mol. The van der Waals surface area contributed by atoms with Gasteiger partial charge in [0.25, 0.3) is 0 Å². The van der Waals surface area contributed by atoms with E-state index in [0.29, 0.717) is 0 Å². The second-order valence-electron chi connectivity index (χ2n) is 4.85. The number of rotatable bonds is 3. The molecule has 2 aromatic rings. The fourth-order valence-electron chi connectivity index (χ4n) is 2.00. The lowest BCUT2D eigenvalue weighted by molar-refractivity contribution is 0.416. The number of methoxy groups -OCH3 is 1. The van der Waals surface area contributed by atoms with E-state index in [2.05, 4.69) is 25.2 Å². The highest BCUT2D eigenvalue weighted by atomic mass is 16.5. The van der Waals surface area contributed by atoms with E-state index in [1.165, 1.54) is 11.1 Å². The van der Waals surface area contributed by atoms with E-state index in [1.807, 2.05) is 31.2 Å². The average molecular weight is 256 g/mol. The molecule has 0 aromatic heterocycles. The van der Waals surface area contributed by atoms with Crippen molar-refractivity contribution in [2.45, 2.75) is 20.8 Å². The second kappa shape index (κ2) is 5.22. The van der Waals surface area contributed by atoms with Gasteiger partial charge >= 0.3 is 0 Å². The minimum absolute atomic E-state index is 0.736. The van der Waals surface area contributed by atoms with E-state index in [1.54, 1.807) is 7.11 Å². The molecule has 3 N–H and O–H groups in total. The Labute approximate surface area is 114 Å². The van der Waals surface area contributed by atoms with E-state index < -0.39 is 0 Å². The lowest BCUT2D eigenvalue weighted by Crippen LogP contribution is -2.00. The smallest absolute Gasteiger partial charge is 0.142 e. The van der Waals surface area contributed by atoms with Gasteiger partial charge in [0.2, 0.25) is 0 Å². The summed E-state index contributed by atoms with van der Waals surface area (Å²) in [4.78, 5) is 0. The molecule has 2 aromatic carbocycles. The maximum Gasteiger partial charge on any atom is 0.142 e. The van der Waals surface area contributed by atoms with Crippen LogP contribution in [-0.4, -0.2) is 7.11 Å². The predicted molar refractivity (Wildman–Crippen MR) is 81.3 cm³/mol. The Hall–Kier alpha value is -2.16. The minimum Gasteiger partial charge on any atom is -0.495 e. The first kappa shape index (κ1) is 13.3. The van der Waals surface area contributed by atoms with Crippen LogP contribution in [0.2, 0.25) is 0 Å². The zero-order valence-electron chi connectivity index (χ0n) is 11.9. The minimum atomic E-state index is 0.736. The maximum atomic E-state index is 6.03. The molecule has 0 spiro atoms. The van der Waals surface area contributed by atoms with Crippen molar-refractivity contribution in [2.75, 3.05) is 18.2 Å². The van der Waals surface area contributed by atoms with E-state index in [4.69, 9.17) is 10.5 Å². The van der Waals surface area contributed by atoms with Gasteiger partial charge in [0.1, 0.15) is 5.75 Å². The van der Waals surface area contributed by atoms with Gasteiger partial charge in [0, 0.05) is 0 Å². The van der Waals surface area contributed by atoms with Crippen LogP contribution >= 0.6 is 0 Å². The van der Waals surface area contributed by atoms with Crippen LogP contribution in [0, 0.1) is 20.8 Å². The molecule has 0 bridgehead atoms. The van der Waals surface area contributed by atoms with Crippen LogP contribution in [0.1, 0.15) is 16.7 Å². The first-order valence-corrected chi connectivity index (χ1v) is 6.29. The number of hydrogen-bond acceptors (Lipinski definition) is 3. The molecule has 19 heavy (non-hydrogen) atoms. The number of ether oxygens (including phenoxy) is 1. The molecule has 0 unspecified atom stereocenters. The Morgan fingerprint density at radius 2 is 1.63 bits per heavy atom. The number of nitrogens with two attached hydrogens (primary N) is 1. The zero-order chi connectivity index (χ0) is 14.0. The highest BCUT2D eigenvalue weighted by Crippen LogP contribution is 2.32. The highest BCUT2D eigenvalue weighted by Gasteiger charge is 2.07. The number of benzene rings is 2. The van der Waals surface area contributed by atoms with Crippen molar-refractivity contribution in [2.24, 2.45) is 0 Å². The van der Waals surface area contributed by atoms with Gasteiger partial charge in [0.05, 0.1) is 24.2 Å². The van der Waals surface area contributed by atoms with Gasteiger partial charge in [-0.2, -0.15) is 0 Å². The number of nitrogen functional groups attached to an aromatic ring is 1. The molecule has 0 saturated heterocycles. The van der Waals surface area contributed by atoms with E-state index in [9.17, 15) is 0 Å². The monoisotopic (exact) mass is 256 g/mol. The molecule has 3 nitrogen and oxygen atoms in total. The molecule has 0 aliphatic heterocycles. The normalized spacial score (nSPS) is 10.3. The van der Waals surface area contributed by atoms with E-state index >= 15 is 0 Å². The Bertz CT molecular complexity index is 606. The molecule has 3 heteroatoms. The van der Waals surface area contributed by atoms with Gasteiger partial charge in [-0.25, -0.2) is 0 Å². The predicted octanol–water partition coefficient (Wildman–Crippen LogP) is 3.95. The van der Waals surface area contributed by atoms with Crippen molar-refractivity contribution in [1.29, 1.82) is 0 Å². The molecule has 2 rings (SSSR count). The third kappa shape index (κ3) is 2.81. The van der Waals surface area contributed by atoms with Crippen LogP contribution in [-0.2, 0) is 0 Å². The standard InChI is InChI=1S/C16H20N2O/c1-10-5-6-14(13(17)7-10)18-15-8-11(2)12(3)9-16(15)19-4/h5-9,18H,17H2,1-4H3. The largest absolute Gasteiger partial charge is 0.495 e. The lowest BCUT2D eigenvalue weighted by Gasteiger charge is -2.15. The van der Waals surface area contributed by atoms with Gasteiger partial charge in [-0.1, -0.05) is 6.07 Å². The molecule has 0 aliphatic carbocycles. The van der Waals surface area contributed by atoms with Crippen molar-refractivity contribution in [3.05, 3.63) is 47.0 Å². The van der Waals surface area contributed by atoms with Crippen molar-refractivity contribution >= 4 is 17.1 Å². The number of nitrogens with one attached hydrogen (secondary N) is 1. The highest BCUT2D eigenvalue weighted by molar-refractivity contribution is 5.76. The average Bonchev–Trinajstić information content (AvgIpc) is 2.36. The summed E-state index contributed by atoms with van der Waals surface area (Å²) in [5.41, 5.74) is 12.2. The first-order chi connectivity index (χ1) is 9.01. The summed E-state index contributed by atoms with van der Waals surface area (Å²) in [5.74, 6) is 0.822. The maximum absolute atomic E-state index is 6.03. The molecule has 0 heterocycles. The Morgan fingerprint density at radius 3 is 2.26 bits per heavy atom. The summed E-state index contributed by atoms with van der Waals surface area (Å²) >= 11 is 0. The van der Waals surface area contributed by atoms with Crippen LogP contribution in [0.4, 0.5) is 17.1 Å². The molecular formula is C16H20N2O. The molecule has 0 atom stereocenters. The van der Waals surface area contributed by atoms with Crippen LogP contribution in [0.3, 0.4) is 0 Å². The Balaban J connectivity index is 2.40. The molecule has 100 valence electrons. The van der Waals surface area contributed by atoms with Gasteiger partial charge in [-0.15, -0.1) is 0 Å². The van der Waals surface area contributed by atoms with Crippen LogP contribution in [0.5, 0.6) is 5.75 Å². The number of hydrogen-bond donors (Lipinski definition) is 2. The van der Waals surface area contributed by atoms with Gasteiger partial charge in [0.15, 0.2) is 0 Å². The van der Waals surface area contributed by atoms with Crippen molar-refractivity contribution in [3.63, 3.8) is 0 Å². The zero-order valence-corrected chi connectivity index (χ0v) is 11.9. The summed E-state index contributed by atoms with van der Waals surface area (Å²) in [6, 6.07) is 10.1. The SMILES string of the molecule is COc1cc(C)c(C)cc1Nc1ccc(C)cc1N. The van der Waals surface area contributed by atoms with Crippen molar-refractivity contribution in [1.82, 2.24) is 0 Å². The summed E-state index contributed by atoms with van der Waals surface area (Å²) in [6.45, 7) is 6.18. The molecule has 0 saturated carbocycles. The summed E-state index contributed by atoms with van der Waals surface area (Å²) in [7, 11) is 1.67. The number of aryl methyl sites for hydroxylation is 3. The first-order valence-electron chi connectivity index (χ1n) is 6.29. The van der Waals surface area contributed by atoms with Crippen LogP contribution < -0.4 is 15.8 Å². The third-order valence-electron chi connectivity index (χ3n) is 3.29. The summed E-state index contributed by atoms with van der Waals surface area (Å²) in [5, 5.41) is 3.34. The number of anilines is 3. The van der Waals surface area contributed by atoms with Crippen LogP contribution in [0.15, 0.2) is 30.3 Å². The third-order valence-corrected chi connectivity index (χ3v) is 3.29. The Morgan fingerprint density at radius 1 is 0.947 bits per heavy atom. The lowest BCUT2D eigenvalue weighted by atomic mass is 10.1. The second-order valence-corrected chi connectivity index (χ2v) is 4.85. The van der Waals surface area contributed by atoms with Gasteiger partial charge in [-0.3, -0.25) is 0 Å². The van der Waals surface area contributed by atoms with Gasteiger partial charge in [-0.05, 0) is 61.7 Å². The Kier molecular flexibility index (Phi) is 3.65. The van der Waals surface area contributed by atoms with E-state index in [0.717, 1.165) is 28.4 Å². The fraction of sp³-hybridized carbons (Fsp3) is 0.250. The molecule has 0 fully saturated rings. The van der Waals surface area contributed by atoms with E-state index in [-0.39, 0.29) is 0 Å². The van der Waals surface area contributed by atoms with Gasteiger partial charge < -0.3 is 15.8 Å².